The van der Waals surface area contributed by atoms with Crippen LogP contribution in [0, 0.1) is 0 Å². The van der Waals surface area contributed by atoms with Gasteiger partial charge in [0.1, 0.15) is 11.4 Å². The van der Waals surface area contributed by atoms with Crippen LogP contribution in [-0.2, 0) is 6.61 Å². The Balaban J connectivity index is 3.27. The monoisotopic (exact) mass is 204 g/mol. The molecular formula is C8H10F2N2O2. The average molecular weight is 204 g/mol. The SMILES string of the molecule is COc1cnc(C(F)F)c(N)c1CO. The molecule has 0 saturated carbocycles. The summed E-state index contributed by atoms with van der Waals surface area (Å²) in [6.45, 7) is -0.461. The normalized spacial score (nSPS) is 10.6. The van der Waals surface area contributed by atoms with Crippen LogP contribution < -0.4 is 10.5 Å². The molecule has 78 valence electrons. The number of nitrogens with two attached hydrogens (primary N) is 1. The first-order chi connectivity index (χ1) is 6.61. The lowest BCUT2D eigenvalue weighted by Gasteiger charge is -2.11. The van der Waals surface area contributed by atoms with Gasteiger partial charge in [-0.1, -0.05) is 0 Å². The van der Waals surface area contributed by atoms with Crippen LogP contribution >= 0.6 is 0 Å². The Kier molecular flexibility index (Phi) is 3.19. The molecule has 0 atom stereocenters. The highest BCUT2D eigenvalue weighted by molar-refractivity contribution is 5.56. The van der Waals surface area contributed by atoms with Gasteiger partial charge in [0.25, 0.3) is 6.43 Å². The second kappa shape index (κ2) is 4.19. The average Bonchev–Trinajstić information content (AvgIpc) is 2.16. The van der Waals surface area contributed by atoms with Crippen LogP contribution in [0.3, 0.4) is 0 Å². The molecule has 3 N–H and O–H groups in total. The van der Waals surface area contributed by atoms with E-state index < -0.39 is 18.7 Å². The van der Waals surface area contributed by atoms with E-state index in [1.807, 2.05) is 0 Å². The van der Waals surface area contributed by atoms with Crippen LogP contribution in [0.25, 0.3) is 0 Å². The number of alkyl halides is 2. The molecule has 0 aromatic carbocycles. The Morgan fingerprint density at radius 1 is 1.64 bits per heavy atom. The summed E-state index contributed by atoms with van der Waals surface area (Å²) >= 11 is 0. The number of halogens is 2. The van der Waals surface area contributed by atoms with Gasteiger partial charge in [-0.3, -0.25) is 0 Å². The van der Waals surface area contributed by atoms with Crippen LogP contribution in [0.1, 0.15) is 17.7 Å². The molecule has 0 fully saturated rings. The summed E-state index contributed by atoms with van der Waals surface area (Å²) in [5.41, 5.74) is 4.77. The molecule has 1 heterocycles. The van der Waals surface area contributed by atoms with Gasteiger partial charge >= 0.3 is 0 Å². The van der Waals surface area contributed by atoms with Gasteiger partial charge in [-0.25, -0.2) is 13.8 Å². The van der Waals surface area contributed by atoms with E-state index in [1.165, 1.54) is 7.11 Å². The van der Waals surface area contributed by atoms with Crippen LogP contribution in [0.2, 0.25) is 0 Å². The molecule has 0 aliphatic rings. The quantitative estimate of drug-likeness (QED) is 0.773. The molecule has 6 heteroatoms. The molecular weight excluding hydrogens is 194 g/mol. The number of aliphatic hydroxyl groups excluding tert-OH is 1. The fourth-order valence-corrected chi connectivity index (χ4v) is 1.08. The topological polar surface area (TPSA) is 68.4 Å². The first kappa shape index (κ1) is 10.6. The first-order valence-electron chi connectivity index (χ1n) is 3.82. The van der Waals surface area contributed by atoms with Gasteiger partial charge in [0, 0.05) is 5.56 Å². The maximum absolute atomic E-state index is 12.3. The molecule has 14 heavy (non-hydrogen) atoms. The first-order valence-corrected chi connectivity index (χ1v) is 3.82. The lowest BCUT2D eigenvalue weighted by Crippen LogP contribution is -2.05. The fraction of sp³-hybridized carbons (Fsp3) is 0.375. The number of nitrogens with zero attached hydrogens (tertiary/aromatic N) is 1. The molecule has 0 aliphatic carbocycles. The van der Waals surface area contributed by atoms with Crippen molar-refractivity contribution in [3.8, 4) is 5.75 Å². The second-order valence-corrected chi connectivity index (χ2v) is 2.56. The van der Waals surface area contributed by atoms with Crippen LogP contribution in [0.4, 0.5) is 14.5 Å². The van der Waals surface area contributed by atoms with E-state index >= 15 is 0 Å². The van der Waals surface area contributed by atoms with E-state index in [2.05, 4.69) is 4.98 Å². The third kappa shape index (κ3) is 1.74. The molecule has 4 nitrogen and oxygen atoms in total. The lowest BCUT2D eigenvalue weighted by atomic mass is 10.1. The molecule has 0 unspecified atom stereocenters. The second-order valence-electron chi connectivity index (χ2n) is 2.56. The van der Waals surface area contributed by atoms with E-state index in [1.54, 1.807) is 0 Å². The summed E-state index contributed by atoms with van der Waals surface area (Å²) in [5.74, 6) is 0.203. The van der Waals surface area contributed by atoms with Gasteiger partial charge < -0.3 is 15.6 Å². The number of rotatable bonds is 3. The Labute approximate surface area is 79.3 Å². The number of hydrogen-bond acceptors (Lipinski definition) is 4. The Morgan fingerprint density at radius 3 is 2.71 bits per heavy atom. The molecule has 1 rings (SSSR count). The molecule has 0 aliphatic heterocycles. The third-order valence-electron chi connectivity index (χ3n) is 1.80. The molecule has 1 aromatic rings. The summed E-state index contributed by atoms with van der Waals surface area (Å²) in [6.07, 6.45) is -1.64. The van der Waals surface area contributed by atoms with E-state index in [9.17, 15) is 8.78 Å². The number of nitrogen functional groups attached to an aromatic ring is 1. The third-order valence-corrected chi connectivity index (χ3v) is 1.80. The van der Waals surface area contributed by atoms with Crippen molar-refractivity contribution >= 4 is 5.69 Å². The van der Waals surface area contributed by atoms with E-state index in [0.29, 0.717) is 0 Å². The van der Waals surface area contributed by atoms with Gasteiger partial charge in [-0.05, 0) is 0 Å². The van der Waals surface area contributed by atoms with Crippen molar-refractivity contribution in [3.63, 3.8) is 0 Å². The van der Waals surface area contributed by atoms with Crippen LogP contribution in [0.15, 0.2) is 6.20 Å². The molecule has 1 aromatic heterocycles. The Bertz CT molecular complexity index is 331. The van der Waals surface area contributed by atoms with Crippen molar-refractivity contribution in [2.45, 2.75) is 13.0 Å². The number of hydrogen-bond donors (Lipinski definition) is 2. The molecule has 0 radical (unpaired) electrons. The van der Waals surface area contributed by atoms with Gasteiger partial charge in [-0.15, -0.1) is 0 Å². The minimum atomic E-state index is -2.76. The number of anilines is 1. The summed E-state index contributed by atoms with van der Waals surface area (Å²) in [4.78, 5) is 3.45. The number of methoxy groups -OCH3 is 1. The van der Waals surface area contributed by atoms with Gasteiger partial charge in [-0.2, -0.15) is 0 Å². The van der Waals surface area contributed by atoms with Crippen molar-refractivity contribution in [1.29, 1.82) is 0 Å². The summed E-state index contributed by atoms with van der Waals surface area (Å²) in [5, 5.41) is 8.90. The minimum Gasteiger partial charge on any atom is -0.495 e. The van der Waals surface area contributed by atoms with Crippen molar-refractivity contribution in [1.82, 2.24) is 4.98 Å². The molecule has 0 spiro atoms. The summed E-state index contributed by atoms with van der Waals surface area (Å²) < 4.78 is 29.4. The van der Waals surface area contributed by atoms with E-state index in [0.717, 1.165) is 6.20 Å². The minimum absolute atomic E-state index is 0.137. The molecule has 0 saturated heterocycles. The van der Waals surface area contributed by atoms with Crippen molar-refractivity contribution in [2.75, 3.05) is 12.8 Å². The van der Waals surface area contributed by atoms with Crippen molar-refractivity contribution in [2.24, 2.45) is 0 Å². The molecule has 0 amide bonds. The zero-order valence-electron chi connectivity index (χ0n) is 7.50. The maximum Gasteiger partial charge on any atom is 0.282 e. The zero-order valence-corrected chi connectivity index (χ0v) is 7.50. The van der Waals surface area contributed by atoms with E-state index in [-0.39, 0.29) is 17.0 Å². The van der Waals surface area contributed by atoms with Crippen molar-refractivity contribution < 1.29 is 18.6 Å². The highest BCUT2D eigenvalue weighted by atomic mass is 19.3. The fourth-order valence-electron chi connectivity index (χ4n) is 1.08. The Morgan fingerprint density at radius 2 is 2.29 bits per heavy atom. The Hall–Kier alpha value is -1.43. The van der Waals surface area contributed by atoms with E-state index in [4.69, 9.17) is 15.6 Å². The van der Waals surface area contributed by atoms with Gasteiger partial charge in [0.15, 0.2) is 0 Å². The zero-order chi connectivity index (χ0) is 10.7. The summed E-state index contributed by atoms with van der Waals surface area (Å²) in [6, 6.07) is 0. The highest BCUT2D eigenvalue weighted by Gasteiger charge is 2.18. The number of ether oxygens (including phenoxy) is 1. The smallest absolute Gasteiger partial charge is 0.282 e. The predicted molar refractivity (Wildman–Crippen MR) is 46.1 cm³/mol. The van der Waals surface area contributed by atoms with Crippen LogP contribution in [0.5, 0.6) is 5.75 Å². The lowest BCUT2D eigenvalue weighted by molar-refractivity contribution is 0.146. The number of aromatic nitrogens is 1. The summed E-state index contributed by atoms with van der Waals surface area (Å²) in [7, 11) is 1.34. The standard InChI is InChI=1S/C8H10F2N2O2/c1-14-5-2-12-7(8(9)10)6(11)4(5)3-13/h2,8,13H,3,11H2,1H3. The van der Waals surface area contributed by atoms with Gasteiger partial charge in [0.2, 0.25) is 0 Å². The highest BCUT2D eigenvalue weighted by Crippen LogP contribution is 2.31. The van der Waals surface area contributed by atoms with Gasteiger partial charge in [0.05, 0.1) is 25.6 Å². The maximum atomic E-state index is 12.3. The number of aliphatic hydroxyl groups is 1. The van der Waals surface area contributed by atoms with Crippen molar-refractivity contribution in [3.05, 3.63) is 17.5 Å². The molecule has 0 bridgehead atoms. The predicted octanol–water partition coefficient (Wildman–Crippen LogP) is 1.10. The largest absolute Gasteiger partial charge is 0.495 e. The number of pyridine rings is 1. The van der Waals surface area contributed by atoms with Crippen LogP contribution in [-0.4, -0.2) is 17.2 Å².